The number of hydrogen-bond acceptors (Lipinski definition) is 2. The van der Waals surface area contributed by atoms with E-state index in [0.29, 0.717) is 18.1 Å². The average Bonchev–Trinajstić information content (AvgIpc) is 3.00. The Kier molecular flexibility index (Phi) is 7.40. The first-order chi connectivity index (χ1) is 11.1. The van der Waals surface area contributed by atoms with Crippen LogP contribution in [0.2, 0.25) is 0 Å². The third kappa shape index (κ3) is 4.26. The van der Waals surface area contributed by atoms with Crippen LogP contribution in [0, 0.1) is 11.3 Å². The van der Waals surface area contributed by atoms with Crippen molar-refractivity contribution >= 4 is 29.9 Å². The molecular formula is C19H34IN3O. The Balaban J connectivity index is 0.00000208. The lowest BCUT2D eigenvalue weighted by molar-refractivity contribution is -0.106. The summed E-state index contributed by atoms with van der Waals surface area (Å²) in [6.45, 7) is 9.47. The van der Waals surface area contributed by atoms with Crippen LogP contribution in [0.4, 0.5) is 0 Å². The van der Waals surface area contributed by atoms with Crippen LogP contribution in [0.15, 0.2) is 16.6 Å². The van der Waals surface area contributed by atoms with Crippen molar-refractivity contribution < 1.29 is 4.74 Å². The van der Waals surface area contributed by atoms with Gasteiger partial charge >= 0.3 is 0 Å². The SMILES string of the molecule is CCNC(=NCCC1=CCCCC1)NC1C2CCOC2C1(C)C.I. The van der Waals surface area contributed by atoms with Crippen LogP contribution in [0.1, 0.15) is 59.3 Å². The van der Waals surface area contributed by atoms with Crippen molar-refractivity contribution in [3.05, 3.63) is 11.6 Å². The van der Waals surface area contributed by atoms with E-state index in [-0.39, 0.29) is 29.4 Å². The van der Waals surface area contributed by atoms with E-state index in [1.54, 1.807) is 5.57 Å². The summed E-state index contributed by atoms with van der Waals surface area (Å²) < 4.78 is 5.89. The Morgan fingerprint density at radius 3 is 2.92 bits per heavy atom. The van der Waals surface area contributed by atoms with Crippen LogP contribution in [0.25, 0.3) is 0 Å². The summed E-state index contributed by atoms with van der Waals surface area (Å²) in [5.41, 5.74) is 1.80. The normalized spacial score (nSPS) is 31.4. The highest BCUT2D eigenvalue weighted by Crippen LogP contribution is 2.52. The predicted molar refractivity (Wildman–Crippen MR) is 111 cm³/mol. The summed E-state index contributed by atoms with van der Waals surface area (Å²) in [4.78, 5) is 4.82. The zero-order valence-electron chi connectivity index (χ0n) is 15.4. The maximum Gasteiger partial charge on any atom is 0.191 e. The van der Waals surface area contributed by atoms with Crippen molar-refractivity contribution in [3.8, 4) is 0 Å². The molecule has 0 amide bonds. The van der Waals surface area contributed by atoms with E-state index in [1.807, 2.05) is 0 Å². The van der Waals surface area contributed by atoms with Gasteiger partial charge in [-0.1, -0.05) is 25.5 Å². The molecule has 3 rings (SSSR count). The van der Waals surface area contributed by atoms with E-state index in [2.05, 4.69) is 37.5 Å². The van der Waals surface area contributed by atoms with Gasteiger partial charge in [0.25, 0.3) is 0 Å². The number of nitrogens with one attached hydrogen (secondary N) is 2. The van der Waals surface area contributed by atoms with Crippen LogP contribution >= 0.6 is 24.0 Å². The van der Waals surface area contributed by atoms with Crippen LogP contribution in [-0.2, 0) is 4.74 Å². The standard InChI is InChI=1S/C19H33N3O.HI/c1-4-20-18(21-12-10-14-8-6-5-7-9-14)22-16-15-11-13-23-17(15)19(16,2)3;/h8,15-17H,4-7,9-13H2,1-3H3,(H2,20,21,22);1H. The van der Waals surface area contributed by atoms with Gasteiger partial charge in [0.2, 0.25) is 0 Å². The first-order valence-corrected chi connectivity index (χ1v) is 9.47. The lowest BCUT2D eigenvalue weighted by Crippen LogP contribution is -2.67. The number of nitrogens with zero attached hydrogens (tertiary/aromatic N) is 1. The molecule has 1 aliphatic heterocycles. The van der Waals surface area contributed by atoms with E-state index >= 15 is 0 Å². The fraction of sp³-hybridized carbons (Fsp3) is 0.842. The number of allylic oxidation sites excluding steroid dienone is 1. The number of aliphatic imine (C=N–C) groups is 1. The van der Waals surface area contributed by atoms with Crippen molar-refractivity contribution in [3.63, 3.8) is 0 Å². The summed E-state index contributed by atoms with van der Waals surface area (Å²) in [6, 6.07) is 0.474. The molecule has 0 bridgehead atoms. The molecule has 1 heterocycles. The molecule has 2 fully saturated rings. The van der Waals surface area contributed by atoms with E-state index in [9.17, 15) is 0 Å². The third-order valence-corrected chi connectivity index (χ3v) is 5.82. The van der Waals surface area contributed by atoms with Gasteiger partial charge in [0.1, 0.15) is 0 Å². The van der Waals surface area contributed by atoms with Gasteiger partial charge < -0.3 is 15.4 Å². The van der Waals surface area contributed by atoms with Crippen molar-refractivity contribution in [1.82, 2.24) is 10.6 Å². The van der Waals surface area contributed by atoms with Gasteiger partial charge in [-0.05, 0) is 45.4 Å². The fourth-order valence-electron chi connectivity index (χ4n) is 4.53. The van der Waals surface area contributed by atoms with E-state index in [0.717, 1.165) is 32.1 Å². The van der Waals surface area contributed by atoms with Gasteiger partial charge in [-0.3, -0.25) is 4.99 Å². The highest BCUT2D eigenvalue weighted by atomic mass is 127. The number of halogens is 1. The number of rotatable bonds is 5. The van der Waals surface area contributed by atoms with Gasteiger partial charge in [0.05, 0.1) is 6.10 Å². The molecule has 1 saturated carbocycles. The maximum atomic E-state index is 5.89. The molecule has 1 saturated heterocycles. The molecule has 0 radical (unpaired) electrons. The van der Waals surface area contributed by atoms with Crippen molar-refractivity contribution in [2.45, 2.75) is 71.4 Å². The van der Waals surface area contributed by atoms with Crippen LogP contribution in [0.3, 0.4) is 0 Å². The Hall–Kier alpha value is -0.300. The third-order valence-electron chi connectivity index (χ3n) is 5.82. The summed E-state index contributed by atoms with van der Waals surface area (Å²) in [5.74, 6) is 1.63. The van der Waals surface area contributed by atoms with Gasteiger partial charge in [0.15, 0.2) is 5.96 Å². The largest absolute Gasteiger partial charge is 0.377 e. The topological polar surface area (TPSA) is 45.7 Å². The van der Waals surface area contributed by atoms with E-state index in [1.165, 1.54) is 32.1 Å². The predicted octanol–water partition coefficient (Wildman–Crippen LogP) is 3.86. The number of hydrogen-bond donors (Lipinski definition) is 2. The summed E-state index contributed by atoms with van der Waals surface area (Å²) in [5, 5.41) is 7.11. The number of guanidine groups is 1. The van der Waals surface area contributed by atoms with Gasteiger partial charge in [0, 0.05) is 37.1 Å². The molecule has 0 spiro atoms. The highest BCUT2D eigenvalue weighted by molar-refractivity contribution is 14.0. The highest BCUT2D eigenvalue weighted by Gasteiger charge is 2.59. The fourth-order valence-corrected chi connectivity index (χ4v) is 4.53. The van der Waals surface area contributed by atoms with E-state index in [4.69, 9.17) is 9.73 Å². The second kappa shape index (κ2) is 8.88. The monoisotopic (exact) mass is 447 g/mol. The van der Waals surface area contributed by atoms with Crippen LogP contribution in [0.5, 0.6) is 0 Å². The molecule has 138 valence electrons. The van der Waals surface area contributed by atoms with Crippen LogP contribution in [-0.4, -0.2) is 37.8 Å². The Morgan fingerprint density at radius 1 is 1.38 bits per heavy atom. The average molecular weight is 447 g/mol. The molecule has 2 aliphatic carbocycles. The Labute approximate surface area is 164 Å². The Bertz CT molecular complexity index is 475. The maximum absolute atomic E-state index is 5.89. The second-order valence-electron chi connectivity index (χ2n) is 7.81. The molecule has 0 aromatic heterocycles. The number of fused-ring (bicyclic) bond motifs is 1. The molecule has 3 aliphatic rings. The lowest BCUT2D eigenvalue weighted by atomic mass is 9.57. The number of ether oxygens (including phenoxy) is 1. The molecule has 3 atom stereocenters. The first kappa shape index (κ1) is 20.0. The minimum atomic E-state index is 0. The van der Waals surface area contributed by atoms with Crippen molar-refractivity contribution in [1.29, 1.82) is 0 Å². The molecule has 5 heteroatoms. The zero-order valence-corrected chi connectivity index (χ0v) is 17.8. The second-order valence-corrected chi connectivity index (χ2v) is 7.81. The minimum absolute atomic E-state index is 0. The molecule has 3 unspecified atom stereocenters. The summed E-state index contributed by atoms with van der Waals surface area (Å²) in [6.07, 6.45) is 10.4. The lowest BCUT2D eigenvalue weighted by Gasteiger charge is -2.54. The molecule has 4 nitrogen and oxygen atoms in total. The Morgan fingerprint density at radius 2 is 2.21 bits per heavy atom. The molecular weight excluding hydrogens is 413 g/mol. The van der Waals surface area contributed by atoms with Gasteiger partial charge in [-0.2, -0.15) is 0 Å². The molecule has 0 aromatic rings. The molecule has 24 heavy (non-hydrogen) atoms. The summed E-state index contributed by atoms with van der Waals surface area (Å²) >= 11 is 0. The quantitative estimate of drug-likeness (QED) is 0.291. The molecule has 2 N–H and O–H groups in total. The van der Waals surface area contributed by atoms with E-state index < -0.39 is 0 Å². The summed E-state index contributed by atoms with van der Waals surface area (Å²) in [7, 11) is 0. The van der Waals surface area contributed by atoms with Gasteiger partial charge in [-0.25, -0.2) is 0 Å². The van der Waals surface area contributed by atoms with Gasteiger partial charge in [-0.15, -0.1) is 24.0 Å². The van der Waals surface area contributed by atoms with Crippen molar-refractivity contribution in [2.75, 3.05) is 19.7 Å². The van der Waals surface area contributed by atoms with Crippen LogP contribution < -0.4 is 10.6 Å². The zero-order chi connectivity index (χ0) is 16.3. The minimum Gasteiger partial charge on any atom is -0.377 e. The first-order valence-electron chi connectivity index (χ1n) is 9.47. The molecule has 0 aromatic carbocycles. The smallest absolute Gasteiger partial charge is 0.191 e. The van der Waals surface area contributed by atoms with Crippen molar-refractivity contribution in [2.24, 2.45) is 16.3 Å².